The summed E-state index contributed by atoms with van der Waals surface area (Å²) in [5, 5.41) is 2.92. The monoisotopic (exact) mass is 273 g/mol. The second-order valence-corrected chi connectivity index (χ2v) is 5.11. The van der Waals surface area contributed by atoms with E-state index in [2.05, 4.69) is 5.32 Å². The van der Waals surface area contributed by atoms with Gasteiger partial charge in [-0.15, -0.1) is 0 Å². The van der Waals surface area contributed by atoms with E-state index < -0.39 is 0 Å². The van der Waals surface area contributed by atoms with Crippen LogP contribution in [0, 0.1) is 6.92 Å². The van der Waals surface area contributed by atoms with E-state index >= 15 is 0 Å². The van der Waals surface area contributed by atoms with E-state index in [-0.39, 0.29) is 11.9 Å². The molecular weight excluding hydrogens is 252 g/mol. The summed E-state index contributed by atoms with van der Waals surface area (Å²) in [6, 6.07) is 13.3. The predicted molar refractivity (Wildman–Crippen MR) is 78.6 cm³/mol. The molecule has 0 aliphatic rings. The Bertz CT molecular complexity index is 563. The van der Waals surface area contributed by atoms with Crippen LogP contribution >= 0.6 is 0 Å². The summed E-state index contributed by atoms with van der Waals surface area (Å²) in [5.41, 5.74) is 0.825. The third-order valence-electron chi connectivity index (χ3n) is 3.42. The number of carbonyl (C=O) groups excluding carboxylic acids is 1. The molecule has 1 amide bonds. The molecule has 2 rings (SSSR count). The summed E-state index contributed by atoms with van der Waals surface area (Å²) in [7, 11) is 1.99. The van der Waals surface area contributed by atoms with E-state index in [0.717, 1.165) is 22.1 Å². The number of para-hydroxylation sites is 1. The molecule has 0 spiro atoms. The van der Waals surface area contributed by atoms with Gasteiger partial charge in [0.15, 0.2) is 11.8 Å². The number of likely N-dealkylation sites (N-methyl/N-ethyl adjacent to an activating group) is 1. The maximum Gasteiger partial charge on any atom is 0.282 e. The fourth-order valence-corrected chi connectivity index (χ4v) is 2.00. The molecule has 4 nitrogen and oxygen atoms in total. The van der Waals surface area contributed by atoms with Gasteiger partial charge in [0.25, 0.3) is 5.91 Å². The number of benzene rings is 1. The minimum absolute atomic E-state index is 0.0111. The van der Waals surface area contributed by atoms with Crippen LogP contribution in [-0.2, 0) is 11.3 Å². The quantitative estimate of drug-likeness (QED) is 0.870. The lowest BCUT2D eigenvalue weighted by molar-refractivity contribution is -0.908. The van der Waals surface area contributed by atoms with Crippen molar-refractivity contribution in [2.75, 3.05) is 12.4 Å². The number of nitrogens with one attached hydrogen (secondary N) is 2. The van der Waals surface area contributed by atoms with Gasteiger partial charge in [0.2, 0.25) is 0 Å². The molecule has 106 valence electrons. The smallest absolute Gasteiger partial charge is 0.282 e. The lowest BCUT2D eigenvalue weighted by Crippen LogP contribution is -3.12. The number of amides is 1. The van der Waals surface area contributed by atoms with E-state index in [9.17, 15) is 4.79 Å². The molecule has 0 aliphatic heterocycles. The molecule has 0 aliphatic carbocycles. The van der Waals surface area contributed by atoms with E-state index in [1.54, 1.807) is 0 Å². The Hall–Kier alpha value is -2.07. The van der Waals surface area contributed by atoms with Crippen LogP contribution in [0.1, 0.15) is 18.4 Å². The molecule has 2 aromatic rings. The Morgan fingerprint density at radius 3 is 2.55 bits per heavy atom. The SMILES string of the molecule is Cc1ccc(C[NH+](C)[C@@H](C)C(=O)Nc2ccccc2)o1. The molecule has 0 saturated heterocycles. The minimum Gasteiger partial charge on any atom is -0.460 e. The highest BCUT2D eigenvalue weighted by molar-refractivity contribution is 5.93. The van der Waals surface area contributed by atoms with E-state index in [0.29, 0.717) is 6.54 Å². The van der Waals surface area contributed by atoms with Gasteiger partial charge in [-0.2, -0.15) is 0 Å². The molecule has 2 atom stereocenters. The van der Waals surface area contributed by atoms with Crippen LogP contribution in [0.25, 0.3) is 0 Å². The van der Waals surface area contributed by atoms with Crippen LogP contribution in [0.15, 0.2) is 46.9 Å². The number of anilines is 1. The summed E-state index contributed by atoms with van der Waals surface area (Å²) in [5.74, 6) is 1.81. The molecule has 1 unspecified atom stereocenters. The van der Waals surface area contributed by atoms with Crippen molar-refractivity contribution >= 4 is 11.6 Å². The fourth-order valence-electron chi connectivity index (χ4n) is 2.00. The van der Waals surface area contributed by atoms with Crippen LogP contribution in [0.3, 0.4) is 0 Å². The number of aryl methyl sites for hydroxylation is 1. The third-order valence-corrected chi connectivity index (χ3v) is 3.42. The summed E-state index contributed by atoms with van der Waals surface area (Å²) in [6.07, 6.45) is 0. The zero-order valence-electron chi connectivity index (χ0n) is 12.1. The summed E-state index contributed by atoms with van der Waals surface area (Å²) < 4.78 is 5.55. The first-order valence-corrected chi connectivity index (χ1v) is 6.80. The lowest BCUT2D eigenvalue weighted by Gasteiger charge is -2.20. The summed E-state index contributed by atoms with van der Waals surface area (Å²) in [6.45, 7) is 4.53. The van der Waals surface area contributed by atoms with Crippen molar-refractivity contribution in [2.45, 2.75) is 26.4 Å². The van der Waals surface area contributed by atoms with Crippen LogP contribution in [0.2, 0.25) is 0 Å². The van der Waals surface area contributed by atoms with Gasteiger partial charge in [-0.3, -0.25) is 4.79 Å². The van der Waals surface area contributed by atoms with Gasteiger partial charge in [-0.25, -0.2) is 0 Å². The third kappa shape index (κ3) is 3.71. The van der Waals surface area contributed by atoms with Gasteiger partial charge in [-0.05, 0) is 38.1 Å². The van der Waals surface area contributed by atoms with E-state index in [1.807, 2.05) is 63.4 Å². The maximum atomic E-state index is 12.2. The highest BCUT2D eigenvalue weighted by Gasteiger charge is 2.22. The second kappa shape index (κ2) is 6.39. The van der Waals surface area contributed by atoms with Crippen molar-refractivity contribution in [1.82, 2.24) is 0 Å². The molecule has 1 aromatic carbocycles. The predicted octanol–water partition coefficient (Wildman–Crippen LogP) is 1.63. The van der Waals surface area contributed by atoms with Crippen molar-refractivity contribution < 1.29 is 14.1 Å². The molecule has 0 fully saturated rings. The molecule has 4 heteroatoms. The molecule has 1 heterocycles. The maximum absolute atomic E-state index is 12.2. The second-order valence-electron chi connectivity index (χ2n) is 5.11. The van der Waals surface area contributed by atoms with Crippen molar-refractivity contribution in [3.8, 4) is 0 Å². The Morgan fingerprint density at radius 2 is 1.95 bits per heavy atom. The fraction of sp³-hybridized carbons (Fsp3) is 0.312. The van der Waals surface area contributed by atoms with Gasteiger partial charge >= 0.3 is 0 Å². The molecule has 0 bridgehead atoms. The molecular formula is C16H21N2O2+. The summed E-state index contributed by atoms with van der Waals surface area (Å²) in [4.78, 5) is 13.3. The van der Waals surface area contributed by atoms with Gasteiger partial charge in [0.1, 0.15) is 12.3 Å². The average molecular weight is 273 g/mol. The van der Waals surface area contributed by atoms with Gasteiger partial charge in [-0.1, -0.05) is 18.2 Å². The highest BCUT2D eigenvalue weighted by Crippen LogP contribution is 2.06. The average Bonchev–Trinajstić information content (AvgIpc) is 2.84. The largest absolute Gasteiger partial charge is 0.460 e. The molecule has 20 heavy (non-hydrogen) atoms. The number of hydrogen-bond donors (Lipinski definition) is 2. The van der Waals surface area contributed by atoms with Gasteiger partial charge < -0.3 is 14.6 Å². The van der Waals surface area contributed by atoms with E-state index in [1.165, 1.54) is 0 Å². The Balaban J connectivity index is 1.92. The van der Waals surface area contributed by atoms with Crippen LogP contribution in [0.4, 0.5) is 5.69 Å². The minimum atomic E-state index is -0.152. The van der Waals surface area contributed by atoms with Crippen molar-refractivity contribution in [1.29, 1.82) is 0 Å². The Labute approximate surface area is 119 Å². The zero-order chi connectivity index (χ0) is 14.5. The first-order chi connectivity index (χ1) is 9.56. The molecule has 0 radical (unpaired) electrons. The number of quaternary nitrogens is 1. The molecule has 1 aromatic heterocycles. The van der Waals surface area contributed by atoms with E-state index in [4.69, 9.17) is 4.42 Å². The molecule has 2 N–H and O–H groups in total. The standard InChI is InChI=1S/C16H20N2O2/c1-12-9-10-15(20-12)11-18(3)13(2)16(19)17-14-7-5-4-6-8-14/h4-10,13H,11H2,1-3H3,(H,17,19)/p+1/t13-/m0/s1. The topological polar surface area (TPSA) is 46.7 Å². The summed E-state index contributed by atoms with van der Waals surface area (Å²) >= 11 is 0. The van der Waals surface area contributed by atoms with Gasteiger partial charge in [0.05, 0.1) is 7.05 Å². The normalized spacial score (nSPS) is 13.8. The first kappa shape index (κ1) is 14.3. The Kier molecular flexibility index (Phi) is 4.58. The Morgan fingerprint density at radius 1 is 1.25 bits per heavy atom. The number of hydrogen-bond acceptors (Lipinski definition) is 2. The van der Waals surface area contributed by atoms with Crippen molar-refractivity contribution in [3.05, 3.63) is 54.0 Å². The number of furan rings is 1. The zero-order valence-corrected chi connectivity index (χ0v) is 12.1. The van der Waals surface area contributed by atoms with Crippen LogP contribution in [0.5, 0.6) is 0 Å². The lowest BCUT2D eigenvalue weighted by atomic mass is 10.2. The van der Waals surface area contributed by atoms with Gasteiger partial charge in [0, 0.05) is 5.69 Å². The number of rotatable bonds is 5. The van der Waals surface area contributed by atoms with Crippen molar-refractivity contribution in [2.24, 2.45) is 0 Å². The number of carbonyl (C=O) groups is 1. The van der Waals surface area contributed by atoms with Crippen molar-refractivity contribution in [3.63, 3.8) is 0 Å². The van der Waals surface area contributed by atoms with Crippen LogP contribution in [-0.4, -0.2) is 19.0 Å². The molecule has 0 saturated carbocycles. The van der Waals surface area contributed by atoms with Crippen LogP contribution < -0.4 is 10.2 Å². The highest BCUT2D eigenvalue weighted by atomic mass is 16.3. The first-order valence-electron chi connectivity index (χ1n) is 6.80.